The molecule has 0 radical (unpaired) electrons. The van der Waals surface area contributed by atoms with Gasteiger partial charge in [-0.1, -0.05) is 29.3 Å². The van der Waals surface area contributed by atoms with Crippen LogP contribution in [0.2, 0.25) is 10.0 Å². The van der Waals surface area contributed by atoms with Gasteiger partial charge in [-0.3, -0.25) is 4.79 Å². The van der Waals surface area contributed by atoms with Crippen LogP contribution in [-0.4, -0.2) is 32.6 Å². The molecule has 116 valence electrons. The molecule has 0 spiro atoms. The zero-order chi connectivity index (χ0) is 15.7. The number of hydrogen-bond acceptors (Lipinski definition) is 3. The van der Waals surface area contributed by atoms with Crippen LogP contribution < -0.4 is 0 Å². The molecule has 0 saturated heterocycles. The van der Waals surface area contributed by atoms with E-state index in [1.165, 1.54) is 0 Å². The number of hydrogen-bond donors (Lipinski definition) is 0. The Kier molecular flexibility index (Phi) is 4.36. The van der Waals surface area contributed by atoms with Crippen LogP contribution in [0.15, 0.2) is 18.2 Å². The highest BCUT2D eigenvalue weighted by Crippen LogP contribution is 2.22. The standard InChI is InChI=1S/C15H16Cl2N4O/c1-20(9-14-19-18-13-3-2-6-21(13)14)15(22)7-10-4-5-11(16)8-12(10)17/h4-5,8H,2-3,6-7,9H2,1H3. The lowest BCUT2D eigenvalue weighted by Crippen LogP contribution is -2.29. The van der Waals surface area contributed by atoms with E-state index < -0.39 is 0 Å². The Morgan fingerprint density at radius 1 is 1.36 bits per heavy atom. The van der Waals surface area contributed by atoms with E-state index in [0.29, 0.717) is 16.6 Å². The Bertz CT molecular complexity index is 714. The van der Waals surface area contributed by atoms with Crippen molar-refractivity contribution in [2.24, 2.45) is 0 Å². The highest BCUT2D eigenvalue weighted by Gasteiger charge is 2.20. The fourth-order valence-corrected chi connectivity index (χ4v) is 3.07. The number of benzene rings is 1. The smallest absolute Gasteiger partial charge is 0.227 e. The molecule has 0 fully saturated rings. The second kappa shape index (κ2) is 6.26. The fourth-order valence-electron chi connectivity index (χ4n) is 2.59. The van der Waals surface area contributed by atoms with E-state index in [9.17, 15) is 4.79 Å². The molecule has 1 aromatic heterocycles. The van der Waals surface area contributed by atoms with Crippen LogP contribution in [0.5, 0.6) is 0 Å². The monoisotopic (exact) mass is 338 g/mol. The highest BCUT2D eigenvalue weighted by molar-refractivity contribution is 6.35. The minimum absolute atomic E-state index is 0.0143. The quantitative estimate of drug-likeness (QED) is 0.861. The number of carbonyl (C=O) groups excluding carboxylic acids is 1. The van der Waals surface area contributed by atoms with Gasteiger partial charge in [0.25, 0.3) is 0 Å². The lowest BCUT2D eigenvalue weighted by Gasteiger charge is -2.17. The van der Waals surface area contributed by atoms with Crippen LogP contribution in [0.3, 0.4) is 0 Å². The minimum atomic E-state index is -0.0143. The first kappa shape index (κ1) is 15.3. The number of aromatic nitrogens is 3. The third kappa shape index (κ3) is 3.10. The maximum absolute atomic E-state index is 12.4. The molecule has 1 aliphatic heterocycles. The fraction of sp³-hybridized carbons (Fsp3) is 0.400. The maximum atomic E-state index is 12.4. The number of halogens is 2. The van der Waals surface area contributed by atoms with Crippen LogP contribution >= 0.6 is 23.2 Å². The van der Waals surface area contributed by atoms with Crippen molar-refractivity contribution in [3.8, 4) is 0 Å². The number of likely N-dealkylation sites (N-methyl/N-ethyl adjacent to an activating group) is 1. The molecular weight excluding hydrogens is 323 g/mol. The third-order valence-corrected chi connectivity index (χ3v) is 4.43. The van der Waals surface area contributed by atoms with Gasteiger partial charge in [0.2, 0.25) is 5.91 Å². The highest BCUT2D eigenvalue weighted by atomic mass is 35.5. The summed E-state index contributed by atoms with van der Waals surface area (Å²) in [5.41, 5.74) is 0.773. The predicted octanol–water partition coefficient (Wildman–Crippen LogP) is 2.73. The summed E-state index contributed by atoms with van der Waals surface area (Å²) in [6.45, 7) is 1.39. The molecule has 2 aromatic rings. The van der Waals surface area contributed by atoms with E-state index in [1.807, 2.05) is 0 Å². The Labute approximate surface area is 138 Å². The van der Waals surface area contributed by atoms with Crippen molar-refractivity contribution >= 4 is 29.1 Å². The first-order valence-corrected chi connectivity index (χ1v) is 7.89. The summed E-state index contributed by atoms with van der Waals surface area (Å²) in [4.78, 5) is 14.0. The van der Waals surface area contributed by atoms with E-state index in [0.717, 1.165) is 36.6 Å². The number of aryl methyl sites for hydroxylation is 1. The van der Waals surface area contributed by atoms with Crippen molar-refractivity contribution in [3.63, 3.8) is 0 Å². The molecule has 1 aliphatic rings. The maximum Gasteiger partial charge on any atom is 0.227 e. The first-order valence-electron chi connectivity index (χ1n) is 7.13. The topological polar surface area (TPSA) is 51.0 Å². The summed E-state index contributed by atoms with van der Waals surface area (Å²) in [5, 5.41) is 9.40. The summed E-state index contributed by atoms with van der Waals surface area (Å²) in [7, 11) is 1.77. The van der Waals surface area contributed by atoms with Crippen molar-refractivity contribution in [3.05, 3.63) is 45.5 Å². The van der Waals surface area contributed by atoms with Crippen LogP contribution in [0.4, 0.5) is 0 Å². The third-order valence-electron chi connectivity index (χ3n) is 3.85. The van der Waals surface area contributed by atoms with Gasteiger partial charge in [0, 0.05) is 30.1 Å². The van der Waals surface area contributed by atoms with Gasteiger partial charge in [0.15, 0.2) is 5.82 Å². The second-order valence-electron chi connectivity index (χ2n) is 5.45. The van der Waals surface area contributed by atoms with E-state index >= 15 is 0 Å². The molecule has 0 N–H and O–H groups in total. The van der Waals surface area contributed by atoms with Crippen molar-refractivity contribution < 1.29 is 4.79 Å². The molecular formula is C15H16Cl2N4O. The average molecular weight is 339 g/mol. The summed E-state index contributed by atoms with van der Waals surface area (Å²) in [6.07, 6.45) is 2.30. The minimum Gasteiger partial charge on any atom is -0.338 e. The van der Waals surface area contributed by atoms with E-state index in [1.54, 1.807) is 30.1 Å². The van der Waals surface area contributed by atoms with Crippen molar-refractivity contribution in [2.75, 3.05) is 7.05 Å². The normalized spacial score (nSPS) is 13.2. The van der Waals surface area contributed by atoms with E-state index in [2.05, 4.69) is 14.8 Å². The number of carbonyl (C=O) groups is 1. The molecule has 7 heteroatoms. The van der Waals surface area contributed by atoms with Gasteiger partial charge in [-0.15, -0.1) is 10.2 Å². The molecule has 0 unspecified atom stereocenters. The predicted molar refractivity (Wildman–Crippen MR) is 85.0 cm³/mol. The van der Waals surface area contributed by atoms with E-state index in [4.69, 9.17) is 23.2 Å². The number of amides is 1. The van der Waals surface area contributed by atoms with Gasteiger partial charge in [-0.2, -0.15) is 0 Å². The molecule has 0 saturated carbocycles. The van der Waals surface area contributed by atoms with Gasteiger partial charge in [-0.25, -0.2) is 0 Å². The Balaban J connectivity index is 1.66. The lowest BCUT2D eigenvalue weighted by molar-refractivity contribution is -0.129. The van der Waals surface area contributed by atoms with Crippen LogP contribution in [-0.2, 0) is 30.7 Å². The number of rotatable bonds is 4. The van der Waals surface area contributed by atoms with Crippen molar-refractivity contribution in [1.29, 1.82) is 0 Å². The second-order valence-corrected chi connectivity index (χ2v) is 6.29. The van der Waals surface area contributed by atoms with Gasteiger partial charge in [0.05, 0.1) is 13.0 Å². The first-order chi connectivity index (χ1) is 10.5. The zero-order valence-corrected chi connectivity index (χ0v) is 13.7. The molecule has 5 nitrogen and oxygen atoms in total. The molecule has 1 aromatic carbocycles. The lowest BCUT2D eigenvalue weighted by atomic mass is 10.1. The summed E-state index contributed by atoms with van der Waals surface area (Å²) < 4.78 is 2.10. The SMILES string of the molecule is CN(Cc1nnc2n1CCC2)C(=O)Cc1ccc(Cl)cc1Cl. The molecule has 0 aliphatic carbocycles. The molecule has 0 bridgehead atoms. The van der Waals surface area contributed by atoms with Crippen LogP contribution in [0.25, 0.3) is 0 Å². The Morgan fingerprint density at radius 3 is 2.95 bits per heavy atom. The molecule has 1 amide bonds. The van der Waals surface area contributed by atoms with Gasteiger partial charge < -0.3 is 9.47 Å². The Hall–Kier alpha value is -1.59. The summed E-state index contributed by atoms with van der Waals surface area (Å²) in [5.74, 6) is 1.83. The Morgan fingerprint density at radius 2 is 2.18 bits per heavy atom. The summed E-state index contributed by atoms with van der Waals surface area (Å²) >= 11 is 12.0. The van der Waals surface area contributed by atoms with Gasteiger partial charge in [-0.05, 0) is 24.1 Å². The largest absolute Gasteiger partial charge is 0.338 e. The van der Waals surface area contributed by atoms with Crippen LogP contribution in [0.1, 0.15) is 23.6 Å². The van der Waals surface area contributed by atoms with Crippen molar-refractivity contribution in [1.82, 2.24) is 19.7 Å². The zero-order valence-electron chi connectivity index (χ0n) is 12.2. The van der Waals surface area contributed by atoms with Crippen LogP contribution in [0, 0.1) is 0 Å². The van der Waals surface area contributed by atoms with Gasteiger partial charge in [0.1, 0.15) is 5.82 Å². The number of nitrogens with zero attached hydrogens (tertiary/aromatic N) is 4. The van der Waals surface area contributed by atoms with E-state index in [-0.39, 0.29) is 12.3 Å². The molecule has 3 rings (SSSR count). The number of fused-ring (bicyclic) bond motifs is 1. The molecule has 2 heterocycles. The summed E-state index contributed by atoms with van der Waals surface area (Å²) in [6, 6.07) is 5.17. The van der Waals surface area contributed by atoms with Crippen molar-refractivity contribution in [2.45, 2.75) is 32.4 Å². The van der Waals surface area contributed by atoms with Gasteiger partial charge >= 0.3 is 0 Å². The molecule has 0 atom stereocenters. The molecule has 22 heavy (non-hydrogen) atoms. The average Bonchev–Trinajstić information content (AvgIpc) is 3.06.